The van der Waals surface area contributed by atoms with E-state index in [0.717, 1.165) is 47.1 Å². The molecule has 1 N–H and O–H groups in total. The second-order valence-corrected chi connectivity index (χ2v) is 10.5. The highest BCUT2D eigenvalue weighted by Gasteiger charge is 2.36. The molecule has 36 heavy (non-hydrogen) atoms. The summed E-state index contributed by atoms with van der Waals surface area (Å²) in [5.41, 5.74) is 1.38. The van der Waals surface area contributed by atoms with Crippen molar-refractivity contribution < 1.29 is 23.8 Å². The third-order valence-corrected chi connectivity index (χ3v) is 7.32. The molecule has 2 aromatic carbocycles. The fourth-order valence-electron chi connectivity index (χ4n) is 4.89. The van der Waals surface area contributed by atoms with Crippen LogP contribution in [-0.4, -0.2) is 28.3 Å². The van der Waals surface area contributed by atoms with Gasteiger partial charge in [-0.3, -0.25) is 0 Å². The molecule has 3 aromatic rings. The fourth-order valence-corrected chi connectivity index (χ4v) is 4.89. The summed E-state index contributed by atoms with van der Waals surface area (Å²) in [6.45, 7) is 8.24. The zero-order chi connectivity index (χ0) is 25.8. The summed E-state index contributed by atoms with van der Waals surface area (Å²) < 4.78 is 18.0. The Hall–Kier alpha value is -3.28. The molecule has 6 nitrogen and oxygen atoms in total. The van der Waals surface area contributed by atoms with Gasteiger partial charge in [-0.25, -0.2) is 9.78 Å². The topological polar surface area (TPSA) is 81.8 Å². The highest BCUT2D eigenvalue weighted by Crippen LogP contribution is 2.39. The first-order valence-electron chi connectivity index (χ1n) is 12.9. The lowest BCUT2D eigenvalue weighted by molar-refractivity contribution is -0.153. The van der Waals surface area contributed by atoms with Crippen LogP contribution in [0.5, 0.6) is 11.5 Å². The maximum absolute atomic E-state index is 12.1. The van der Waals surface area contributed by atoms with Gasteiger partial charge in [-0.15, -0.1) is 0 Å². The van der Waals surface area contributed by atoms with Crippen molar-refractivity contribution in [3.63, 3.8) is 0 Å². The van der Waals surface area contributed by atoms with Crippen molar-refractivity contribution in [1.29, 1.82) is 0 Å². The van der Waals surface area contributed by atoms with Crippen molar-refractivity contribution in [3.05, 3.63) is 77.0 Å². The van der Waals surface area contributed by atoms with Crippen LogP contribution in [0.4, 0.5) is 0 Å². The molecule has 1 atom stereocenters. The standard InChI is InChI=1S/C30H37NO5/c1-21-10-6-7-11-26(21)36-30(4,28(32)33)20-23-12-14-24(15-13-23)34-19-16-25-22(2)35-27(31-25)29(3)17-8-5-9-18-29/h6-7,10-15H,5,8-9,16-20H2,1-4H3,(H,32,33). The van der Waals surface area contributed by atoms with Gasteiger partial charge < -0.3 is 19.0 Å². The number of benzene rings is 2. The third-order valence-electron chi connectivity index (χ3n) is 7.32. The molecule has 0 saturated heterocycles. The smallest absolute Gasteiger partial charge is 0.348 e. The average Bonchev–Trinajstić information content (AvgIpc) is 3.23. The van der Waals surface area contributed by atoms with Crippen LogP contribution in [0.2, 0.25) is 0 Å². The van der Waals surface area contributed by atoms with Gasteiger partial charge >= 0.3 is 5.97 Å². The minimum Gasteiger partial charge on any atom is -0.493 e. The Balaban J connectivity index is 1.34. The molecule has 1 aliphatic carbocycles. The Kier molecular flexibility index (Phi) is 7.72. The summed E-state index contributed by atoms with van der Waals surface area (Å²) in [4.78, 5) is 16.9. The molecule has 1 fully saturated rings. The van der Waals surface area contributed by atoms with E-state index in [9.17, 15) is 9.90 Å². The molecule has 0 bridgehead atoms. The number of oxazole rings is 1. The summed E-state index contributed by atoms with van der Waals surface area (Å²) >= 11 is 0. The van der Waals surface area contributed by atoms with Gasteiger partial charge in [-0.05, 0) is 62.9 Å². The summed E-state index contributed by atoms with van der Waals surface area (Å²) in [5, 5.41) is 9.88. The first-order valence-corrected chi connectivity index (χ1v) is 12.9. The Morgan fingerprint density at radius 1 is 1.08 bits per heavy atom. The number of aromatic nitrogens is 1. The Bertz CT molecular complexity index is 1180. The monoisotopic (exact) mass is 491 g/mol. The van der Waals surface area contributed by atoms with E-state index in [4.69, 9.17) is 18.9 Å². The predicted octanol–water partition coefficient (Wildman–Crippen LogP) is 6.60. The molecule has 4 rings (SSSR count). The summed E-state index contributed by atoms with van der Waals surface area (Å²) in [5.74, 6) is 2.05. The van der Waals surface area contributed by atoms with Crippen LogP contribution >= 0.6 is 0 Å². The largest absolute Gasteiger partial charge is 0.493 e. The van der Waals surface area contributed by atoms with Gasteiger partial charge in [-0.2, -0.15) is 0 Å². The van der Waals surface area contributed by atoms with Gasteiger partial charge in [0.05, 0.1) is 12.3 Å². The molecule has 6 heteroatoms. The van der Waals surface area contributed by atoms with E-state index in [2.05, 4.69) is 6.92 Å². The minimum absolute atomic E-state index is 0.0469. The number of hydrogen-bond donors (Lipinski definition) is 1. The number of aryl methyl sites for hydroxylation is 2. The lowest BCUT2D eigenvalue weighted by Gasteiger charge is -2.30. The molecule has 0 amide bonds. The van der Waals surface area contributed by atoms with Crippen LogP contribution in [0, 0.1) is 13.8 Å². The number of aliphatic carboxylic acids is 1. The first kappa shape index (κ1) is 25.8. The third kappa shape index (κ3) is 5.92. The first-order chi connectivity index (χ1) is 17.2. The van der Waals surface area contributed by atoms with Crippen LogP contribution < -0.4 is 9.47 Å². The molecule has 0 aliphatic heterocycles. The lowest BCUT2D eigenvalue weighted by Crippen LogP contribution is -2.43. The van der Waals surface area contributed by atoms with Gasteiger partial charge in [0.25, 0.3) is 0 Å². The number of hydrogen-bond acceptors (Lipinski definition) is 5. The fraction of sp³-hybridized carbons (Fsp3) is 0.467. The molecule has 192 valence electrons. The number of carboxylic acid groups (broad SMARTS) is 1. The van der Waals surface area contributed by atoms with Crippen LogP contribution in [0.1, 0.15) is 74.4 Å². The van der Waals surface area contributed by atoms with Crippen molar-refractivity contribution in [2.45, 2.75) is 83.7 Å². The molecular weight excluding hydrogens is 454 g/mol. The van der Waals surface area contributed by atoms with Gasteiger partial charge in [0.15, 0.2) is 0 Å². The van der Waals surface area contributed by atoms with Crippen LogP contribution in [-0.2, 0) is 23.1 Å². The molecule has 1 aromatic heterocycles. The van der Waals surface area contributed by atoms with E-state index in [1.54, 1.807) is 13.0 Å². The second-order valence-electron chi connectivity index (χ2n) is 10.5. The van der Waals surface area contributed by atoms with Crippen LogP contribution in [0.25, 0.3) is 0 Å². The van der Waals surface area contributed by atoms with E-state index in [0.29, 0.717) is 18.8 Å². The average molecular weight is 492 g/mol. The number of rotatable bonds is 10. The zero-order valence-corrected chi connectivity index (χ0v) is 21.8. The molecule has 1 saturated carbocycles. The zero-order valence-electron chi connectivity index (χ0n) is 21.8. The molecule has 0 radical (unpaired) electrons. The summed E-state index contributed by atoms with van der Waals surface area (Å²) in [6.07, 6.45) is 6.93. The molecule has 1 heterocycles. The van der Waals surface area contributed by atoms with E-state index in [1.807, 2.05) is 56.3 Å². The number of carbonyl (C=O) groups is 1. The Morgan fingerprint density at radius 2 is 1.78 bits per heavy atom. The van der Waals surface area contributed by atoms with Crippen LogP contribution in [0.15, 0.2) is 52.9 Å². The van der Waals surface area contributed by atoms with Crippen LogP contribution in [0.3, 0.4) is 0 Å². The van der Waals surface area contributed by atoms with Gasteiger partial charge in [0.2, 0.25) is 11.5 Å². The highest BCUT2D eigenvalue weighted by atomic mass is 16.5. The van der Waals surface area contributed by atoms with Crippen molar-refractivity contribution in [2.24, 2.45) is 0 Å². The molecule has 1 unspecified atom stereocenters. The summed E-state index contributed by atoms with van der Waals surface area (Å²) in [7, 11) is 0. The maximum Gasteiger partial charge on any atom is 0.348 e. The highest BCUT2D eigenvalue weighted by molar-refractivity contribution is 5.78. The maximum atomic E-state index is 12.1. The van der Waals surface area contributed by atoms with E-state index in [1.165, 1.54) is 19.3 Å². The van der Waals surface area contributed by atoms with Crippen molar-refractivity contribution in [2.75, 3.05) is 6.61 Å². The van der Waals surface area contributed by atoms with Crippen molar-refractivity contribution in [3.8, 4) is 11.5 Å². The predicted molar refractivity (Wildman–Crippen MR) is 139 cm³/mol. The number of para-hydroxylation sites is 1. The quantitative estimate of drug-likeness (QED) is 0.344. The van der Waals surface area contributed by atoms with Gasteiger partial charge in [0, 0.05) is 18.3 Å². The van der Waals surface area contributed by atoms with Crippen molar-refractivity contribution in [1.82, 2.24) is 4.98 Å². The van der Waals surface area contributed by atoms with E-state index < -0.39 is 11.6 Å². The van der Waals surface area contributed by atoms with Crippen molar-refractivity contribution >= 4 is 5.97 Å². The SMILES string of the molecule is Cc1ccccc1OC(C)(Cc1ccc(OCCc2nc(C3(C)CCCCC3)oc2C)cc1)C(=O)O. The number of nitrogens with zero attached hydrogens (tertiary/aromatic N) is 1. The van der Waals surface area contributed by atoms with E-state index in [-0.39, 0.29) is 11.8 Å². The normalized spacial score (nSPS) is 16.8. The van der Waals surface area contributed by atoms with E-state index >= 15 is 0 Å². The van der Waals surface area contributed by atoms with Gasteiger partial charge in [-0.1, -0.05) is 56.5 Å². The molecule has 0 spiro atoms. The van der Waals surface area contributed by atoms with Gasteiger partial charge in [0.1, 0.15) is 17.3 Å². The Labute approximate surface area is 213 Å². The second kappa shape index (κ2) is 10.8. The molecule has 1 aliphatic rings. The lowest BCUT2D eigenvalue weighted by atomic mass is 9.76. The summed E-state index contributed by atoms with van der Waals surface area (Å²) in [6, 6.07) is 15.0. The number of ether oxygens (including phenoxy) is 2. The minimum atomic E-state index is -1.38. The Morgan fingerprint density at radius 3 is 2.44 bits per heavy atom. The number of carboxylic acids is 1. The molecular formula is C30H37NO5.